The Morgan fingerprint density at radius 2 is 2.13 bits per heavy atom. The van der Waals surface area contributed by atoms with E-state index in [0.717, 1.165) is 0 Å². The van der Waals surface area contributed by atoms with Gasteiger partial charge in [-0.3, -0.25) is 4.98 Å². The fourth-order valence-electron chi connectivity index (χ4n) is 1.06. The SMILES string of the molecule is COC(COc1cccnc1CO)OC. The molecule has 0 aliphatic rings. The van der Waals surface area contributed by atoms with Gasteiger partial charge in [-0.15, -0.1) is 0 Å². The number of hydrogen-bond donors (Lipinski definition) is 1. The quantitative estimate of drug-likeness (QED) is 0.700. The van der Waals surface area contributed by atoms with Crippen LogP contribution in [-0.4, -0.2) is 37.2 Å². The van der Waals surface area contributed by atoms with Gasteiger partial charge in [0, 0.05) is 20.4 Å². The molecule has 5 heteroatoms. The number of hydrogen-bond acceptors (Lipinski definition) is 5. The normalized spacial score (nSPS) is 10.7. The fourth-order valence-corrected chi connectivity index (χ4v) is 1.06. The van der Waals surface area contributed by atoms with Gasteiger partial charge in [-0.1, -0.05) is 0 Å². The van der Waals surface area contributed by atoms with Gasteiger partial charge < -0.3 is 19.3 Å². The van der Waals surface area contributed by atoms with Crippen LogP contribution >= 0.6 is 0 Å². The van der Waals surface area contributed by atoms with E-state index >= 15 is 0 Å². The Labute approximate surface area is 88.6 Å². The Bertz CT molecular complexity index is 289. The van der Waals surface area contributed by atoms with Crippen LogP contribution in [0.3, 0.4) is 0 Å². The summed E-state index contributed by atoms with van der Waals surface area (Å²) in [6.07, 6.45) is 1.18. The summed E-state index contributed by atoms with van der Waals surface area (Å²) in [5.41, 5.74) is 0.503. The van der Waals surface area contributed by atoms with Crippen molar-refractivity contribution in [2.45, 2.75) is 12.9 Å². The van der Waals surface area contributed by atoms with E-state index in [1.807, 2.05) is 0 Å². The van der Waals surface area contributed by atoms with Gasteiger partial charge >= 0.3 is 0 Å². The monoisotopic (exact) mass is 213 g/mol. The Kier molecular flexibility index (Phi) is 5.03. The second-order valence-corrected chi connectivity index (χ2v) is 2.82. The number of ether oxygens (including phenoxy) is 3. The summed E-state index contributed by atoms with van der Waals surface area (Å²) in [6, 6.07) is 3.48. The van der Waals surface area contributed by atoms with Gasteiger partial charge in [0.2, 0.25) is 0 Å². The number of pyridine rings is 1. The van der Waals surface area contributed by atoms with E-state index in [1.54, 1.807) is 18.3 Å². The molecule has 0 atom stereocenters. The molecule has 84 valence electrons. The summed E-state index contributed by atoms with van der Waals surface area (Å²) in [5.74, 6) is 0.541. The van der Waals surface area contributed by atoms with Gasteiger partial charge in [-0.25, -0.2) is 0 Å². The maximum absolute atomic E-state index is 8.99. The number of methoxy groups -OCH3 is 2. The van der Waals surface area contributed by atoms with E-state index in [2.05, 4.69) is 4.98 Å². The largest absolute Gasteiger partial charge is 0.486 e. The fraction of sp³-hybridized carbons (Fsp3) is 0.500. The zero-order valence-corrected chi connectivity index (χ0v) is 8.84. The van der Waals surface area contributed by atoms with E-state index in [0.29, 0.717) is 11.4 Å². The minimum Gasteiger partial charge on any atom is -0.486 e. The first-order valence-electron chi connectivity index (χ1n) is 4.55. The Balaban J connectivity index is 2.56. The molecule has 0 aromatic carbocycles. The first-order chi connectivity index (χ1) is 7.31. The average molecular weight is 213 g/mol. The minimum absolute atomic E-state index is 0.152. The zero-order chi connectivity index (χ0) is 11.1. The smallest absolute Gasteiger partial charge is 0.191 e. The molecule has 0 aliphatic carbocycles. The van der Waals surface area contributed by atoms with Crippen LogP contribution in [-0.2, 0) is 16.1 Å². The highest BCUT2D eigenvalue weighted by Gasteiger charge is 2.08. The van der Waals surface area contributed by atoms with Crippen molar-refractivity contribution in [2.75, 3.05) is 20.8 Å². The molecule has 5 nitrogen and oxygen atoms in total. The average Bonchev–Trinajstić information content (AvgIpc) is 2.31. The first kappa shape index (κ1) is 11.9. The van der Waals surface area contributed by atoms with Crippen LogP contribution in [0.4, 0.5) is 0 Å². The third kappa shape index (κ3) is 3.47. The molecule has 0 aliphatic heterocycles. The molecular weight excluding hydrogens is 198 g/mol. The lowest BCUT2D eigenvalue weighted by molar-refractivity contribution is -0.122. The lowest BCUT2D eigenvalue weighted by atomic mass is 10.3. The van der Waals surface area contributed by atoms with Crippen molar-refractivity contribution in [1.29, 1.82) is 0 Å². The molecule has 0 unspecified atom stereocenters. The van der Waals surface area contributed by atoms with Crippen molar-refractivity contribution in [3.63, 3.8) is 0 Å². The van der Waals surface area contributed by atoms with E-state index in [9.17, 15) is 0 Å². The topological polar surface area (TPSA) is 60.8 Å². The standard InChI is InChI=1S/C10H15NO4/c1-13-10(14-2)7-15-9-4-3-5-11-8(9)6-12/h3-5,10,12H,6-7H2,1-2H3. The third-order valence-corrected chi connectivity index (χ3v) is 1.90. The predicted octanol–water partition coefficient (Wildman–Crippen LogP) is 0.572. The summed E-state index contributed by atoms with van der Waals surface area (Å²) >= 11 is 0. The highest BCUT2D eigenvalue weighted by atomic mass is 16.7. The van der Waals surface area contributed by atoms with Gasteiger partial charge in [0.25, 0.3) is 0 Å². The predicted molar refractivity (Wildman–Crippen MR) is 53.5 cm³/mol. The number of aromatic nitrogens is 1. The van der Waals surface area contributed by atoms with Crippen molar-refractivity contribution in [3.8, 4) is 5.75 Å². The van der Waals surface area contributed by atoms with Gasteiger partial charge in [-0.2, -0.15) is 0 Å². The Hall–Kier alpha value is -1.17. The molecule has 0 radical (unpaired) electrons. The summed E-state index contributed by atoms with van der Waals surface area (Å²) < 4.78 is 15.3. The lowest BCUT2D eigenvalue weighted by Crippen LogP contribution is -2.22. The molecule has 1 aromatic rings. The van der Waals surface area contributed by atoms with Gasteiger partial charge in [0.15, 0.2) is 6.29 Å². The first-order valence-corrected chi connectivity index (χ1v) is 4.55. The van der Waals surface area contributed by atoms with Crippen LogP contribution in [0, 0.1) is 0 Å². The molecule has 1 N–H and O–H groups in total. The van der Waals surface area contributed by atoms with E-state index in [4.69, 9.17) is 19.3 Å². The molecular formula is C10H15NO4. The number of rotatable bonds is 6. The van der Waals surface area contributed by atoms with Crippen molar-refractivity contribution >= 4 is 0 Å². The minimum atomic E-state index is -0.420. The van der Waals surface area contributed by atoms with E-state index in [1.165, 1.54) is 14.2 Å². The van der Waals surface area contributed by atoms with Crippen LogP contribution in [0.5, 0.6) is 5.75 Å². The molecule has 0 fully saturated rings. The highest BCUT2D eigenvalue weighted by molar-refractivity contribution is 5.26. The van der Waals surface area contributed by atoms with Gasteiger partial charge in [-0.05, 0) is 12.1 Å². The van der Waals surface area contributed by atoms with Crippen LogP contribution in [0.15, 0.2) is 18.3 Å². The molecule has 0 saturated carbocycles. The molecule has 0 amide bonds. The zero-order valence-electron chi connectivity index (χ0n) is 8.84. The number of aliphatic hydroxyl groups is 1. The molecule has 0 saturated heterocycles. The number of nitrogens with zero attached hydrogens (tertiary/aromatic N) is 1. The maximum Gasteiger partial charge on any atom is 0.191 e. The second-order valence-electron chi connectivity index (χ2n) is 2.82. The molecule has 1 aromatic heterocycles. The summed E-state index contributed by atoms with van der Waals surface area (Å²) in [5, 5.41) is 8.99. The highest BCUT2D eigenvalue weighted by Crippen LogP contribution is 2.15. The van der Waals surface area contributed by atoms with Crippen molar-refractivity contribution < 1.29 is 19.3 Å². The van der Waals surface area contributed by atoms with Crippen LogP contribution < -0.4 is 4.74 Å². The van der Waals surface area contributed by atoms with Crippen molar-refractivity contribution in [3.05, 3.63) is 24.0 Å². The van der Waals surface area contributed by atoms with Crippen LogP contribution in [0.25, 0.3) is 0 Å². The summed E-state index contributed by atoms with van der Waals surface area (Å²) in [4.78, 5) is 3.97. The van der Waals surface area contributed by atoms with Crippen LogP contribution in [0.2, 0.25) is 0 Å². The molecule has 0 spiro atoms. The van der Waals surface area contributed by atoms with Crippen molar-refractivity contribution in [1.82, 2.24) is 4.98 Å². The molecule has 1 heterocycles. The Morgan fingerprint density at radius 3 is 2.73 bits per heavy atom. The van der Waals surface area contributed by atoms with E-state index < -0.39 is 6.29 Å². The molecule has 1 rings (SSSR count). The number of aliphatic hydroxyl groups excluding tert-OH is 1. The molecule has 0 bridgehead atoms. The van der Waals surface area contributed by atoms with Crippen molar-refractivity contribution in [2.24, 2.45) is 0 Å². The molecule has 15 heavy (non-hydrogen) atoms. The Morgan fingerprint density at radius 1 is 1.40 bits per heavy atom. The van der Waals surface area contributed by atoms with Crippen LogP contribution in [0.1, 0.15) is 5.69 Å². The lowest BCUT2D eigenvalue weighted by Gasteiger charge is -2.15. The maximum atomic E-state index is 8.99. The van der Waals surface area contributed by atoms with E-state index in [-0.39, 0.29) is 13.2 Å². The van der Waals surface area contributed by atoms with Gasteiger partial charge in [0.1, 0.15) is 18.1 Å². The summed E-state index contributed by atoms with van der Waals surface area (Å²) in [6.45, 7) is 0.104. The second kappa shape index (κ2) is 6.34. The van der Waals surface area contributed by atoms with Gasteiger partial charge in [0.05, 0.1) is 6.61 Å². The third-order valence-electron chi connectivity index (χ3n) is 1.90. The summed E-state index contributed by atoms with van der Waals surface area (Å²) in [7, 11) is 3.07.